The van der Waals surface area contributed by atoms with Gasteiger partial charge in [-0.05, 0) is 44.8 Å². The highest BCUT2D eigenvalue weighted by Gasteiger charge is 2.68. The second kappa shape index (κ2) is 4.13. The van der Waals surface area contributed by atoms with Crippen LogP contribution in [0.1, 0.15) is 53.9 Å². The van der Waals surface area contributed by atoms with Gasteiger partial charge in [0.2, 0.25) is 0 Å². The van der Waals surface area contributed by atoms with E-state index in [1.54, 1.807) is 0 Å². The second-order valence-corrected chi connectivity index (χ2v) is 8.13. The Kier molecular flexibility index (Phi) is 2.98. The monoisotopic (exact) mass is 279 g/mol. The number of nitrogens with zero attached hydrogens (tertiary/aromatic N) is 1. The van der Waals surface area contributed by atoms with Gasteiger partial charge in [0.1, 0.15) is 13.4 Å². The highest BCUT2D eigenvalue weighted by Crippen LogP contribution is 2.78. The number of hydrogen-bond donors (Lipinski definition) is 0. The highest BCUT2D eigenvalue weighted by atomic mass is 32.1. The topological polar surface area (TPSA) is 12.5 Å². The summed E-state index contributed by atoms with van der Waals surface area (Å²) in [7, 11) is 1.39. The molecule has 2 saturated heterocycles. The molecule has 2 aliphatic heterocycles. The third-order valence-corrected chi connectivity index (χ3v) is 6.54. The molecule has 4 atom stereocenters. The Morgan fingerprint density at radius 2 is 2.05 bits per heavy atom. The molecule has 0 aromatic heterocycles. The molecule has 3 aliphatic rings. The van der Waals surface area contributed by atoms with E-state index in [1.807, 2.05) is 0 Å². The van der Waals surface area contributed by atoms with Gasteiger partial charge in [0, 0.05) is 6.04 Å². The van der Waals surface area contributed by atoms with Gasteiger partial charge in [-0.1, -0.05) is 37.8 Å². The number of ether oxygens (including phenoxy) is 1. The smallest absolute Gasteiger partial charge is 0.260 e. The van der Waals surface area contributed by atoms with E-state index in [2.05, 4.69) is 39.5 Å². The molecule has 0 amide bonds. The SMILES string of the molecule is CC(C)N1C(=S)OC2CC3(C)BC3(C(C)C)CCC21. The van der Waals surface area contributed by atoms with Crippen LogP contribution in [0.5, 0.6) is 0 Å². The van der Waals surface area contributed by atoms with Crippen molar-refractivity contribution in [1.29, 1.82) is 0 Å². The van der Waals surface area contributed by atoms with Gasteiger partial charge >= 0.3 is 0 Å². The first-order valence-corrected chi connectivity index (χ1v) is 8.20. The summed E-state index contributed by atoms with van der Waals surface area (Å²) in [6, 6.07) is 0.979. The number of rotatable bonds is 2. The van der Waals surface area contributed by atoms with Gasteiger partial charge in [-0.2, -0.15) is 0 Å². The largest absolute Gasteiger partial charge is 0.465 e. The van der Waals surface area contributed by atoms with E-state index in [-0.39, 0.29) is 0 Å². The van der Waals surface area contributed by atoms with Crippen molar-refractivity contribution < 1.29 is 4.74 Å². The summed E-state index contributed by atoms with van der Waals surface area (Å²) in [5.74, 6) is 0.788. The minimum atomic E-state index is 0.336. The van der Waals surface area contributed by atoms with Crippen molar-refractivity contribution in [1.82, 2.24) is 4.90 Å². The minimum absolute atomic E-state index is 0.336. The predicted octanol–water partition coefficient (Wildman–Crippen LogP) is 3.38. The maximum atomic E-state index is 6.06. The lowest BCUT2D eigenvalue weighted by atomic mass is 9.74. The zero-order chi connectivity index (χ0) is 14.0. The van der Waals surface area contributed by atoms with Crippen LogP contribution in [0.2, 0.25) is 10.6 Å². The van der Waals surface area contributed by atoms with Crippen LogP contribution < -0.4 is 0 Å². The van der Waals surface area contributed by atoms with Crippen LogP contribution in [0.4, 0.5) is 0 Å². The van der Waals surface area contributed by atoms with E-state index >= 15 is 0 Å². The minimum Gasteiger partial charge on any atom is -0.465 e. The summed E-state index contributed by atoms with van der Waals surface area (Å²) in [6.45, 7) is 11.7. The first-order chi connectivity index (χ1) is 8.81. The average Bonchev–Trinajstić information content (AvgIpc) is 2.78. The number of hydrogen-bond acceptors (Lipinski definition) is 2. The Hall–Kier alpha value is -0.245. The average molecular weight is 279 g/mol. The molecule has 2 nitrogen and oxygen atoms in total. The van der Waals surface area contributed by atoms with Crippen molar-refractivity contribution in [3.05, 3.63) is 0 Å². The van der Waals surface area contributed by atoms with Gasteiger partial charge in [-0.25, -0.2) is 0 Å². The Bertz CT molecular complexity index is 413. The number of thiocarbonyl (C=S) groups is 1. The van der Waals surface area contributed by atoms with E-state index in [4.69, 9.17) is 17.0 Å². The Morgan fingerprint density at radius 1 is 1.37 bits per heavy atom. The molecule has 4 heteroatoms. The fourth-order valence-electron chi connectivity index (χ4n) is 5.04. The van der Waals surface area contributed by atoms with E-state index in [0.29, 0.717) is 28.8 Å². The van der Waals surface area contributed by atoms with Gasteiger partial charge in [-0.15, -0.1) is 0 Å². The van der Waals surface area contributed by atoms with Crippen LogP contribution in [0, 0.1) is 5.92 Å². The molecule has 1 aliphatic carbocycles. The molecule has 0 N–H and O–H groups in total. The summed E-state index contributed by atoms with van der Waals surface area (Å²) in [5.41, 5.74) is 0. The van der Waals surface area contributed by atoms with Crippen LogP contribution in [-0.4, -0.2) is 35.5 Å². The molecule has 2 heterocycles. The molecule has 0 aromatic rings. The molecule has 0 radical (unpaired) electrons. The Balaban J connectivity index is 1.85. The molecule has 106 valence electrons. The fraction of sp³-hybridized carbons (Fsp3) is 0.933. The van der Waals surface area contributed by atoms with Crippen molar-refractivity contribution in [2.45, 2.75) is 82.7 Å². The zero-order valence-corrected chi connectivity index (χ0v) is 13.7. The maximum absolute atomic E-state index is 6.06. The van der Waals surface area contributed by atoms with E-state index in [9.17, 15) is 0 Å². The standard InChI is InChI=1S/C15H26BNOS/c1-9(2)15-7-6-11-12(8-14(15,5)16-15)18-13(19)17(11)10(3)4/h9-12,16H,6-8H2,1-5H3. The predicted molar refractivity (Wildman–Crippen MR) is 85.1 cm³/mol. The second-order valence-electron chi connectivity index (χ2n) is 7.78. The molecule has 3 rings (SSSR count). The molecule has 0 spiro atoms. The molecule has 3 fully saturated rings. The van der Waals surface area contributed by atoms with Crippen molar-refractivity contribution in [3.63, 3.8) is 0 Å². The number of fused-ring (bicyclic) bond motifs is 2. The van der Waals surface area contributed by atoms with E-state index < -0.39 is 0 Å². The maximum Gasteiger partial charge on any atom is 0.260 e. The Labute approximate surface area is 123 Å². The van der Waals surface area contributed by atoms with Gasteiger partial charge < -0.3 is 9.64 Å². The van der Waals surface area contributed by atoms with E-state index in [1.165, 1.54) is 26.5 Å². The molecular weight excluding hydrogens is 253 g/mol. The highest BCUT2D eigenvalue weighted by molar-refractivity contribution is 7.80. The third-order valence-electron chi connectivity index (χ3n) is 6.23. The summed E-state index contributed by atoms with van der Waals surface area (Å²) < 4.78 is 6.06. The fourth-order valence-corrected chi connectivity index (χ4v) is 5.51. The molecule has 1 saturated carbocycles. The van der Waals surface area contributed by atoms with Crippen LogP contribution in [0.3, 0.4) is 0 Å². The zero-order valence-electron chi connectivity index (χ0n) is 12.9. The molecule has 19 heavy (non-hydrogen) atoms. The van der Waals surface area contributed by atoms with Gasteiger partial charge in [-0.3, -0.25) is 0 Å². The summed E-state index contributed by atoms with van der Waals surface area (Å²) in [6.07, 6.45) is 4.12. The lowest BCUT2D eigenvalue weighted by molar-refractivity contribution is 0.165. The first-order valence-electron chi connectivity index (χ1n) is 7.80. The van der Waals surface area contributed by atoms with Crippen molar-refractivity contribution in [3.8, 4) is 0 Å². The van der Waals surface area contributed by atoms with Crippen LogP contribution in [0.15, 0.2) is 0 Å². The van der Waals surface area contributed by atoms with Gasteiger partial charge in [0.25, 0.3) is 5.17 Å². The molecule has 0 bridgehead atoms. The van der Waals surface area contributed by atoms with Crippen LogP contribution in [-0.2, 0) is 4.74 Å². The van der Waals surface area contributed by atoms with Gasteiger partial charge in [0.15, 0.2) is 0 Å². The van der Waals surface area contributed by atoms with Gasteiger partial charge in [0.05, 0.1) is 6.04 Å². The quantitative estimate of drug-likeness (QED) is 0.568. The van der Waals surface area contributed by atoms with Crippen molar-refractivity contribution in [2.24, 2.45) is 5.92 Å². The molecule has 4 unspecified atom stereocenters. The van der Waals surface area contributed by atoms with Crippen LogP contribution in [0.25, 0.3) is 0 Å². The third kappa shape index (κ3) is 1.78. The lowest BCUT2D eigenvalue weighted by Gasteiger charge is -2.29. The summed E-state index contributed by atoms with van der Waals surface area (Å²) in [4.78, 5) is 2.35. The molecular formula is C15H26BNOS. The van der Waals surface area contributed by atoms with Crippen molar-refractivity contribution in [2.75, 3.05) is 0 Å². The van der Waals surface area contributed by atoms with E-state index in [0.717, 1.165) is 11.1 Å². The normalized spacial score (nSPS) is 44.6. The van der Waals surface area contributed by atoms with Crippen molar-refractivity contribution >= 4 is 24.7 Å². The Morgan fingerprint density at radius 3 is 2.63 bits per heavy atom. The summed E-state index contributed by atoms with van der Waals surface area (Å²) in [5, 5.41) is 1.81. The van der Waals surface area contributed by atoms with Crippen LogP contribution >= 0.6 is 12.2 Å². The summed E-state index contributed by atoms with van der Waals surface area (Å²) >= 11 is 5.45. The molecule has 0 aromatic carbocycles. The lowest BCUT2D eigenvalue weighted by Crippen LogP contribution is -2.41. The first kappa shape index (κ1) is 13.7.